The van der Waals surface area contributed by atoms with Crippen LogP contribution >= 0.6 is 35.0 Å². The van der Waals surface area contributed by atoms with Crippen LogP contribution in [0, 0.1) is 5.82 Å². The zero-order valence-electron chi connectivity index (χ0n) is 11.2. The molecule has 0 aromatic heterocycles. The van der Waals surface area contributed by atoms with Crippen molar-refractivity contribution in [3.8, 4) is 0 Å². The van der Waals surface area contributed by atoms with Gasteiger partial charge in [0.2, 0.25) is 0 Å². The number of thioether (sulfide) groups is 1. The van der Waals surface area contributed by atoms with Crippen molar-refractivity contribution in [3.63, 3.8) is 0 Å². The van der Waals surface area contributed by atoms with Crippen LogP contribution in [0.2, 0.25) is 10.0 Å². The Hall–Kier alpha value is -0.780. The summed E-state index contributed by atoms with van der Waals surface area (Å²) in [5.74, 6) is 5.87. The van der Waals surface area contributed by atoms with E-state index in [2.05, 4.69) is 5.43 Å². The minimum Gasteiger partial charge on any atom is -0.271 e. The molecular weight excluding hydrogens is 330 g/mol. The van der Waals surface area contributed by atoms with Gasteiger partial charge in [0.05, 0.1) is 5.02 Å². The Morgan fingerprint density at radius 3 is 2.67 bits per heavy atom. The number of benzene rings is 2. The van der Waals surface area contributed by atoms with E-state index in [4.69, 9.17) is 29.0 Å². The summed E-state index contributed by atoms with van der Waals surface area (Å²) in [5.41, 5.74) is 3.27. The summed E-state index contributed by atoms with van der Waals surface area (Å²) in [7, 11) is 0. The molecule has 0 radical (unpaired) electrons. The van der Waals surface area contributed by atoms with Crippen LogP contribution in [0.5, 0.6) is 0 Å². The topological polar surface area (TPSA) is 38.0 Å². The van der Waals surface area contributed by atoms with Gasteiger partial charge < -0.3 is 0 Å². The summed E-state index contributed by atoms with van der Waals surface area (Å²) in [6, 6.07) is 12.5. The summed E-state index contributed by atoms with van der Waals surface area (Å²) in [4.78, 5) is 1.05. The van der Waals surface area contributed by atoms with E-state index < -0.39 is 0 Å². The third kappa shape index (κ3) is 4.87. The molecule has 0 aliphatic rings. The van der Waals surface area contributed by atoms with Crippen LogP contribution in [0.4, 0.5) is 4.39 Å². The number of hydrogen-bond acceptors (Lipinski definition) is 3. The van der Waals surface area contributed by atoms with Crippen molar-refractivity contribution < 1.29 is 4.39 Å². The quantitative estimate of drug-likeness (QED) is 0.466. The molecule has 21 heavy (non-hydrogen) atoms. The van der Waals surface area contributed by atoms with E-state index in [0.29, 0.717) is 22.8 Å². The average Bonchev–Trinajstić information content (AvgIpc) is 2.48. The number of nitrogens with one attached hydrogen (secondary N) is 1. The normalized spacial score (nSPS) is 12.4. The molecule has 0 amide bonds. The molecule has 6 heteroatoms. The summed E-state index contributed by atoms with van der Waals surface area (Å²) in [6.45, 7) is 0. The summed E-state index contributed by atoms with van der Waals surface area (Å²) >= 11 is 13.3. The van der Waals surface area contributed by atoms with Crippen molar-refractivity contribution in [2.45, 2.75) is 17.4 Å². The van der Waals surface area contributed by atoms with Gasteiger partial charge >= 0.3 is 0 Å². The van der Waals surface area contributed by atoms with Gasteiger partial charge in [-0.1, -0.05) is 41.4 Å². The fraction of sp³-hybridized carbons (Fsp3) is 0.200. The second-order valence-electron chi connectivity index (χ2n) is 4.55. The first kappa shape index (κ1) is 16.6. The maximum atomic E-state index is 13.9. The smallest absolute Gasteiger partial charge is 0.145 e. The Kier molecular flexibility index (Phi) is 6.33. The van der Waals surface area contributed by atoms with E-state index in [1.165, 1.54) is 6.07 Å². The molecule has 112 valence electrons. The van der Waals surface area contributed by atoms with Gasteiger partial charge in [0.1, 0.15) is 5.82 Å². The van der Waals surface area contributed by atoms with Crippen LogP contribution in [-0.4, -0.2) is 11.8 Å². The van der Waals surface area contributed by atoms with Crippen LogP contribution in [0.25, 0.3) is 0 Å². The largest absolute Gasteiger partial charge is 0.271 e. The average molecular weight is 345 g/mol. The summed E-state index contributed by atoms with van der Waals surface area (Å²) in [5, 5.41) is 0.823. The maximum absolute atomic E-state index is 13.9. The Bertz CT molecular complexity index is 610. The lowest BCUT2D eigenvalue weighted by atomic mass is 10.1. The number of hydrogen-bond donors (Lipinski definition) is 2. The predicted octanol–water partition coefficient (Wildman–Crippen LogP) is 4.30. The highest BCUT2D eigenvalue weighted by Gasteiger charge is 2.13. The predicted molar refractivity (Wildman–Crippen MR) is 88.4 cm³/mol. The lowest BCUT2D eigenvalue weighted by Crippen LogP contribution is -2.38. The van der Waals surface area contributed by atoms with Crippen molar-refractivity contribution in [1.82, 2.24) is 5.43 Å². The van der Waals surface area contributed by atoms with Gasteiger partial charge in [-0.25, -0.2) is 4.39 Å². The standard InChI is InChI=1S/C15H15Cl2FN2S/c16-11-4-2-5-13(8-11)21-9-12(20-19)7-10-3-1-6-14(17)15(10)18/h1-6,8,12,20H,7,9,19H2. The van der Waals surface area contributed by atoms with Gasteiger partial charge in [0, 0.05) is 21.7 Å². The first-order chi connectivity index (χ1) is 10.1. The van der Waals surface area contributed by atoms with Crippen molar-refractivity contribution in [3.05, 3.63) is 63.9 Å². The molecule has 1 unspecified atom stereocenters. The summed E-state index contributed by atoms with van der Waals surface area (Å²) in [6.07, 6.45) is 0.469. The molecule has 2 aromatic rings. The van der Waals surface area contributed by atoms with E-state index in [0.717, 1.165) is 4.90 Å². The van der Waals surface area contributed by atoms with Gasteiger partial charge in [0.25, 0.3) is 0 Å². The molecular formula is C15H15Cl2FN2S. The van der Waals surface area contributed by atoms with E-state index in [1.54, 1.807) is 23.9 Å². The monoisotopic (exact) mass is 344 g/mol. The zero-order valence-corrected chi connectivity index (χ0v) is 13.5. The van der Waals surface area contributed by atoms with E-state index in [1.807, 2.05) is 24.3 Å². The number of hydrazine groups is 1. The minimum absolute atomic E-state index is 0.0676. The molecule has 0 saturated carbocycles. The third-order valence-corrected chi connectivity index (χ3v) is 4.66. The summed E-state index contributed by atoms with van der Waals surface area (Å²) < 4.78 is 13.9. The molecule has 0 aliphatic carbocycles. The highest BCUT2D eigenvalue weighted by Crippen LogP contribution is 2.24. The SMILES string of the molecule is NNC(CSc1cccc(Cl)c1)Cc1cccc(Cl)c1F. The number of rotatable bonds is 6. The van der Waals surface area contributed by atoms with Gasteiger partial charge in [-0.05, 0) is 36.2 Å². The van der Waals surface area contributed by atoms with Crippen LogP contribution in [0.15, 0.2) is 47.4 Å². The fourth-order valence-electron chi connectivity index (χ4n) is 1.89. The first-order valence-corrected chi connectivity index (χ1v) is 8.11. The number of nitrogens with two attached hydrogens (primary N) is 1. The van der Waals surface area contributed by atoms with Crippen molar-refractivity contribution in [1.29, 1.82) is 0 Å². The van der Waals surface area contributed by atoms with E-state index >= 15 is 0 Å². The Labute approximate surface area is 137 Å². The molecule has 2 rings (SSSR count). The molecule has 0 heterocycles. The molecule has 0 aliphatic heterocycles. The Morgan fingerprint density at radius 2 is 1.95 bits per heavy atom. The maximum Gasteiger partial charge on any atom is 0.145 e. The van der Waals surface area contributed by atoms with Crippen molar-refractivity contribution >= 4 is 35.0 Å². The second-order valence-corrected chi connectivity index (χ2v) is 6.49. The van der Waals surface area contributed by atoms with E-state index in [-0.39, 0.29) is 16.9 Å². The van der Waals surface area contributed by atoms with Crippen LogP contribution in [-0.2, 0) is 6.42 Å². The van der Waals surface area contributed by atoms with E-state index in [9.17, 15) is 4.39 Å². The zero-order chi connectivity index (χ0) is 15.2. The number of halogens is 3. The third-order valence-electron chi connectivity index (χ3n) is 2.98. The van der Waals surface area contributed by atoms with Crippen LogP contribution < -0.4 is 11.3 Å². The molecule has 0 fully saturated rings. The lowest BCUT2D eigenvalue weighted by Gasteiger charge is -2.16. The van der Waals surface area contributed by atoms with Gasteiger partial charge in [-0.2, -0.15) is 0 Å². The second kappa shape index (κ2) is 8.01. The molecule has 2 nitrogen and oxygen atoms in total. The molecule has 1 atom stereocenters. The fourth-order valence-corrected chi connectivity index (χ4v) is 3.33. The Balaban J connectivity index is 1.99. The van der Waals surface area contributed by atoms with Gasteiger partial charge in [-0.15, -0.1) is 11.8 Å². The van der Waals surface area contributed by atoms with Crippen molar-refractivity contribution in [2.24, 2.45) is 5.84 Å². The highest BCUT2D eigenvalue weighted by molar-refractivity contribution is 7.99. The van der Waals surface area contributed by atoms with Gasteiger partial charge in [0.15, 0.2) is 0 Å². The first-order valence-electron chi connectivity index (χ1n) is 6.37. The minimum atomic E-state index is -0.382. The van der Waals surface area contributed by atoms with Gasteiger partial charge in [-0.3, -0.25) is 11.3 Å². The highest BCUT2D eigenvalue weighted by atomic mass is 35.5. The lowest BCUT2D eigenvalue weighted by molar-refractivity contribution is 0.547. The molecule has 3 N–H and O–H groups in total. The molecule has 2 aromatic carbocycles. The van der Waals surface area contributed by atoms with Crippen LogP contribution in [0.3, 0.4) is 0 Å². The van der Waals surface area contributed by atoms with Crippen LogP contribution in [0.1, 0.15) is 5.56 Å². The van der Waals surface area contributed by atoms with Crippen molar-refractivity contribution in [2.75, 3.05) is 5.75 Å². The molecule has 0 bridgehead atoms. The Morgan fingerprint density at radius 1 is 1.19 bits per heavy atom. The molecule has 0 spiro atoms. The molecule has 0 saturated heterocycles.